The summed E-state index contributed by atoms with van der Waals surface area (Å²) in [5.74, 6) is 0.698. The molecular weight excluding hydrogens is 314 g/mol. The van der Waals surface area contributed by atoms with Crippen LogP contribution in [-0.4, -0.2) is 15.5 Å². The molecule has 2 nitrogen and oxygen atoms in total. The smallest absolute Gasteiger partial charge is 0.0593 e. The largest absolute Gasteiger partial charge is 0.300 e. The number of rotatable bonds is 5. The SMILES string of the molecule is CCCC[C@@]1(CC)CS(=O)c2ccccc2[C@H](c2ccccc2)N1. The van der Waals surface area contributed by atoms with E-state index in [1.165, 1.54) is 12.0 Å². The van der Waals surface area contributed by atoms with Crippen molar-refractivity contribution in [3.05, 3.63) is 65.7 Å². The molecule has 3 heteroatoms. The van der Waals surface area contributed by atoms with E-state index in [-0.39, 0.29) is 11.6 Å². The molecule has 2 aromatic rings. The molecule has 0 aliphatic carbocycles. The Morgan fingerprint density at radius 2 is 1.79 bits per heavy atom. The van der Waals surface area contributed by atoms with Gasteiger partial charge in [0.1, 0.15) is 0 Å². The molecule has 128 valence electrons. The van der Waals surface area contributed by atoms with E-state index < -0.39 is 10.8 Å². The zero-order chi connectivity index (χ0) is 17.0. The molecule has 0 radical (unpaired) electrons. The zero-order valence-electron chi connectivity index (χ0n) is 14.6. The minimum absolute atomic E-state index is 0.0690. The van der Waals surface area contributed by atoms with Gasteiger partial charge in [0.05, 0.1) is 16.8 Å². The van der Waals surface area contributed by atoms with Crippen molar-refractivity contribution < 1.29 is 4.21 Å². The van der Waals surface area contributed by atoms with E-state index in [0.717, 1.165) is 29.7 Å². The van der Waals surface area contributed by atoms with Gasteiger partial charge in [-0.25, -0.2) is 0 Å². The fourth-order valence-electron chi connectivity index (χ4n) is 3.63. The van der Waals surface area contributed by atoms with Crippen LogP contribution in [0.5, 0.6) is 0 Å². The Bertz CT molecular complexity index is 700. The first kappa shape index (κ1) is 17.4. The molecular formula is C21H27NOS. The standard InChI is InChI=1S/C21H27NOS/c1-3-5-15-21(4-2)16-24(23)19-14-10-9-13-18(19)20(22-21)17-11-7-6-8-12-17/h6-14,20,22H,3-5,15-16H2,1-2H3/t20-,21-,24?/m0/s1. The molecule has 24 heavy (non-hydrogen) atoms. The van der Waals surface area contributed by atoms with Crippen LogP contribution in [0.25, 0.3) is 0 Å². The van der Waals surface area contributed by atoms with Crippen LogP contribution < -0.4 is 5.32 Å². The van der Waals surface area contributed by atoms with E-state index in [9.17, 15) is 4.21 Å². The average molecular weight is 342 g/mol. The van der Waals surface area contributed by atoms with Gasteiger partial charge in [-0.3, -0.25) is 9.53 Å². The van der Waals surface area contributed by atoms with E-state index in [1.54, 1.807) is 0 Å². The third-order valence-electron chi connectivity index (χ3n) is 5.15. The molecule has 0 aromatic heterocycles. The molecule has 1 heterocycles. The summed E-state index contributed by atoms with van der Waals surface area (Å²) in [5, 5.41) is 3.92. The van der Waals surface area contributed by atoms with Gasteiger partial charge in [0.2, 0.25) is 0 Å². The van der Waals surface area contributed by atoms with Crippen LogP contribution in [0.4, 0.5) is 0 Å². The average Bonchev–Trinajstić information content (AvgIpc) is 2.76. The Morgan fingerprint density at radius 3 is 2.50 bits per heavy atom. The van der Waals surface area contributed by atoms with Crippen LogP contribution in [0.15, 0.2) is 59.5 Å². The molecule has 2 aromatic carbocycles. The molecule has 3 rings (SSSR count). The Morgan fingerprint density at radius 1 is 1.08 bits per heavy atom. The fourth-order valence-corrected chi connectivity index (χ4v) is 5.40. The Balaban J connectivity index is 2.09. The molecule has 1 unspecified atom stereocenters. The van der Waals surface area contributed by atoms with E-state index in [2.05, 4.69) is 61.6 Å². The maximum atomic E-state index is 13.1. The number of fused-ring (bicyclic) bond motifs is 1. The quantitative estimate of drug-likeness (QED) is 0.844. The van der Waals surface area contributed by atoms with Gasteiger partial charge in [-0.1, -0.05) is 75.2 Å². The normalized spacial score (nSPS) is 26.6. The van der Waals surface area contributed by atoms with E-state index >= 15 is 0 Å². The van der Waals surface area contributed by atoms with Crippen LogP contribution >= 0.6 is 0 Å². The van der Waals surface area contributed by atoms with Crippen molar-refractivity contribution in [2.75, 3.05) is 5.75 Å². The first-order chi connectivity index (χ1) is 11.7. The summed E-state index contributed by atoms with van der Waals surface area (Å²) >= 11 is 0. The number of nitrogens with one attached hydrogen (secondary N) is 1. The minimum Gasteiger partial charge on any atom is -0.300 e. The Hall–Kier alpha value is -1.45. The first-order valence-corrected chi connectivity index (χ1v) is 10.3. The Labute approximate surface area is 148 Å². The number of unbranched alkanes of at least 4 members (excludes halogenated alkanes) is 1. The zero-order valence-corrected chi connectivity index (χ0v) is 15.4. The van der Waals surface area contributed by atoms with Crippen molar-refractivity contribution >= 4 is 10.8 Å². The van der Waals surface area contributed by atoms with Crippen LogP contribution in [0.3, 0.4) is 0 Å². The molecule has 3 atom stereocenters. The summed E-state index contributed by atoms with van der Waals surface area (Å²) in [7, 11) is -0.962. The second-order valence-electron chi connectivity index (χ2n) is 6.75. The number of benzene rings is 2. The highest BCUT2D eigenvalue weighted by atomic mass is 32.2. The van der Waals surface area contributed by atoms with Gasteiger partial charge in [0.15, 0.2) is 0 Å². The Kier molecular flexibility index (Phi) is 5.52. The molecule has 0 fully saturated rings. The second-order valence-corrected chi connectivity index (χ2v) is 8.17. The maximum Gasteiger partial charge on any atom is 0.0593 e. The van der Waals surface area contributed by atoms with Crippen molar-refractivity contribution in [1.82, 2.24) is 5.32 Å². The maximum absolute atomic E-state index is 13.1. The predicted octanol–water partition coefficient (Wildman–Crippen LogP) is 4.83. The van der Waals surface area contributed by atoms with Gasteiger partial charge in [-0.2, -0.15) is 0 Å². The summed E-state index contributed by atoms with van der Waals surface area (Å²) in [4.78, 5) is 0.991. The molecule has 0 bridgehead atoms. The highest BCUT2D eigenvalue weighted by molar-refractivity contribution is 7.85. The molecule has 0 saturated carbocycles. The lowest BCUT2D eigenvalue weighted by molar-refractivity contribution is 0.296. The summed E-state index contributed by atoms with van der Waals surface area (Å²) in [6.45, 7) is 4.44. The molecule has 1 aliphatic rings. The van der Waals surface area contributed by atoms with E-state index in [0.29, 0.717) is 5.75 Å². The minimum atomic E-state index is -0.962. The summed E-state index contributed by atoms with van der Waals surface area (Å²) in [6.07, 6.45) is 4.40. The lowest BCUT2D eigenvalue weighted by atomic mass is 9.88. The molecule has 0 spiro atoms. The summed E-state index contributed by atoms with van der Waals surface area (Å²) in [5.41, 5.74) is 2.34. The molecule has 0 amide bonds. The first-order valence-electron chi connectivity index (χ1n) is 8.99. The predicted molar refractivity (Wildman–Crippen MR) is 102 cm³/mol. The van der Waals surface area contributed by atoms with Crippen molar-refractivity contribution in [3.8, 4) is 0 Å². The van der Waals surface area contributed by atoms with Gasteiger partial charge in [0.25, 0.3) is 0 Å². The van der Waals surface area contributed by atoms with Crippen LogP contribution in [0.2, 0.25) is 0 Å². The molecule has 0 saturated heterocycles. The highest BCUT2D eigenvalue weighted by Crippen LogP contribution is 2.36. The number of hydrogen-bond acceptors (Lipinski definition) is 2. The van der Waals surface area contributed by atoms with Crippen molar-refractivity contribution in [2.45, 2.75) is 56.0 Å². The monoisotopic (exact) mass is 341 g/mol. The molecule has 1 N–H and O–H groups in total. The van der Waals surface area contributed by atoms with Gasteiger partial charge in [-0.05, 0) is 30.0 Å². The highest BCUT2D eigenvalue weighted by Gasteiger charge is 2.37. The number of hydrogen-bond donors (Lipinski definition) is 1. The van der Waals surface area contributed by atoms with E-state index in [4.69, 9.17) is 0 Å². The third kappa shape index (κ3) is 3.47. The lowest BCUT2D eigenvalue weighted by Crippen LogP contribution is -2.49. The van der Waals surface area contributed by atoms with Crippen molar-refractivity contribution in [1.29, 1.82) is 0 Å². The van der Waals surface area contributed by atoms with Gasteiger partial charge >= 0.3 is 0 Å². The van der Waals surface area contributed by atoms with Gasteiger partial charge < -0.3 is 0 Å². The second kappa shape index (κ2) is 7.62. The van der Waals surface area contributed by atoms with Gasteiger partial charge in [0, 0.05) is 16.2 Å². The van der Waals surface area contributed by atoms with Crippen molar-refractivity contribution in [3.63, 3.8) is 0 Å². The van der Waals surface area contributed by atoms with Crippen LogP contribution in [0, 0.1) is 0 Å². The van der Waals surface area contributed by atoms with Crippen LogP contribution in [0.1, 0.15) is 56.7 Å². The summed E-state index contributed by atoms with van der Waals surface area (Å²) < 4.78 is 13.1. The topological polar surface area (TPSA) is 29.1 Å². The third-order valence-corrected chi connectivity index (χ3v) is 6.83. The van der Waals surface area contributed by atoms with E-state index in [1.807, 2.05) is 12.1 Å². The van der Waals surface area contributed by atoms with Gasteiger partial charge in [-0.15, -0.1) is 0 Å². The summed E-state index contributed by atoms with van der Waals surface area (Å²) in [6, 6.07) is 18.9. The fraction of sp³-hybridized carbons (Fsp3) is 0.429. The molecule has 1 aliphatic heterocycles. The lowest BCUT2D eigenvalue weighted by Gasteiger charge is -2.36. The van der Waals surface area contributed by atoms with Crippen LogP contribution in [-0.2, 0) is 10.8 Å². The van der Waals surface area contributed by atoms with Crippen molar-refractivity contribution in [2.24, 2.45) is 0 Å².